The highest BCUT2D eigenvalue weighted by Gasteiger charge is 2.23. The van der Waals surface area contributed by atoms with E-state index in [0.29, 0.717) is 6.54 Å². The molecule has 1 fully saturated rings. The van der Waals surface area contributed by atoms with Gasteiger partial charge in [0.25, 0.3) is 0 Å². The number of aromatic nitrogens is 1. The summed E-state index contributed by atoms with van der Waals surface area (Å²) in [5, 5.41) is 0. The highest BCUT2D eigenvalue weighted by molar-refractivity contribution is 5.74. The van der Waals surface area contributed by atoms with Crippen molar-refractivity contribution in [3.8, 4) is 5.75 Å². The lowest BCUT2D eigenvalue weighted by atomic mass is 10.2. The molecule has 0 atom stereocenters. The van der Waals surface area contributed by atoms with Crippen LogP contribution in [0.4, 0.5) is 10.5 Å². The summed E-state index contributed by atoms with van der Waals surface area (Å²) in [7, 11) is 3.55. The molecule has 2 amide bonds. The van der Waals surface area contributed by atoms with Crippen molar-refractivity contribution in [2.24, 2.45) is 0 Å². The Morgan fingerprint density at radius 2 is 1.73 bits per heavy atom. The van der Waals surface area contributed by atoms with Crippen LogP contribution in [-0.2, 0) is 6.42 Å². The summed E-state index contributed by atoms with van der Waals surface area (Å²) >= 11 is 0. The number of carbonyl (C=O) groups is 1. The summed E-state index contributed by atoms with van der Waals surface area (Å²) in [5.74, 6) is 0.860. The van der Waals surface area contributed by atoms with Gasteiger partial charge in [-0.3, -0.25) is 4.98 Å². The molecule has 0 radical (unpaired) electrons. The largest absolute Gasteiger partial charge is 0.497 e. The average Bonchev–Trinajstić information content (AvgIpc) is 2.72. The molecule has 2 heterocycles. The summed E-state index contributed by atoms with van der Waals surface area (Å²) in [6.07, 6.45) is 4.42. The van der Waals surface area contributed by atoms with E-state index in [0.717, 1.165) is 38.3 Å². The number of nitrogens with zero attached hydrogens (tertiary/aromatic N) is 4. The first-order chi connectivity index (χ1) is 12.7. The average molecular weight is 354 g/mol. The zero-order chi connectivity index (χ0) is 18.4. The maximum Gasteiger partial charge on any atom is 0.319 e. The van der Waals surface area contributed by atoms with Crippen molar-refractivity contribution in [3.05, 3.63) is 54.4 Å². The summed E-state index contributed by atoms with van der Waals surface area (Å²) in [4.78, 5) is 22.7. The molecule has 1 aliphatic rings. The van der Waals surface area contributed by atoms with E-state index in [1.54, 1.807) is 19.5 Å². The molecule has 1 aromatic carbocycles. The Bertz CT molecular complexity index is 698. The van der Waals surface area contributed by atoms with Gasteiger partial charge in [0.2, 0.25) is 0 Å². The van der Waals surface area contributed by atoms with E-state index >= 15 is 0 Å². The molecule has 3 rings (SSSR count). The highest BCUT2D eigenvalue weighted by atomic mass is 16.5. The van der Waals surface area contributed by atoms with Crippen LogP contribution in [-0.4, -0.2) is 67.7 Å². The lowest BCUT2D eigenvalue weighted by Gasteiger charge is -2.37. The van der Waals surface area contributed by atoms with Crippen LogP contribution in [0.15, 0.2) is 48.8 Å². The number of hydrogen-bond acceptors (Lipinski definition) is 4. The second-order valence-corrected chi connectivity index (χ2v) is 6.48. The molecule has 1 saturated heterocycles. The minimum atomic E-state index is 0.105. The van der Waals surface area contributed by atoms with Gasteiger partial charge in [-0.15, -0.1) is 0 Å². The van der Waals surface area contributed by atoms with E-state index in [-0.39, 0.29) is 6.03 Å². The fourth-order valence-corrected chi connectivity index (χ4v) is 3.13. The summed E-state index contributed by atoms with van der Waals surface area (Å²) in [6, 6.07) is 12.2. The summed E-state index contributed by atoms with van der Waals surface area (Å²) < 4.78 is 5.21. The van der Waals surface area contributed by atoms with Crippen molar-refractivity contribution in [3.63, 3.8) is 0 Å². The summed E-state index contributed by atoms with van der Waals surface area (Å²) in [5.41, 5.74) is 2.37. The van der Waals surface area contributed by atoms with Crippen LogP contribution in [0.5, 0.6) is 5.75 Å². The number of hydrogen-bond donors (Lipinski definition) is 0. The maximum atomic E-state index is 12.7. The van der Waals surface area contributed by atoms with Gasteiger partial charge in [0.1, 0.15) is 5.75 Å². The van der Waals surface area contributed by atoms with E-state index < -0.39 is 0 Å². The van der Waals surface area contributed by atoms with Crippen LogP contribution >= 0.6 is 0 Å². The van der Waals surface area contributed by atoms with Crippen molar-refractivity contribution in [2.75, 3.05) is 51.8 Å². The summed E-state index contributed by atoms with van der Waals surface area (Å²) in [6.45, 7) is 3.88. The fraction of sp³-hybridized carbons (Fsp3) is 0.400. The molecule has 0 aliphatic carbocycles. The number of ether oxygens (including phenoxy) is 1. The van der Waals surface area contributed by atoms with Crippen molar-refractivity contribution < 1.29 is 9.53 Å². The second-order valence-electron chi connectivity index (χ2n) is 6.48. The third-order valence-electron chi connectivity index (χ3n) is 4.80. The molecule has 2 aromatic rings. The van der Waals surface area contributed by atoms with Crippen LogP contribution < -0.4 is 9.64 Å². The number of methoxy groups -OCH3 is 1. The second kappa shape index (κ2) is 8.56. The Kier molecular flexibility index (Phi) is 5.94. The Hall–Kier alpha value is -2.76. The number of benzene rings is 1. The van der Waals surface area contributed by atoms with Gasteiger partial charge in [0.05, 0.1) is 7.11 Å². The van der Waals surface area contributed by atoms with Gasteiger partial charge in [-0.05, 0) is 48.4 Å². The lowest BCUT2D eigenvalue weighted by Crippen LogP contribution is -2.52. The molecule has 6 nitrogen and oxygen atoms in total. The zero-order valence-electron chi connectivity index (χ0n) is 15.5. The third kappa shape index (κ3) is 4.45. The predicted molar refractivity (Wildman–Crippen MR) is 103 cm³/mol. The lowest BCUT2D eigenvalue weighted by molar-refractivity contribution is 0.160. The van der Waals surface area contributed by atoms with E-state index in [2.05, 4.69) is 22.0 Å². The number of pyridine rings is 1. The minimum absolute atomic E-state index is 0.105. The predicted octanol–water partition coefficient (Wildman–Crippen LogP) is 2.51. The van der Waals surface area contributed by atoms with Crippen LogP contribution in [0, 0.1) is 0 Å². The van der Waals surface area contributed by atoms with E-state index in [1.807, 2.05) is 41.1 Å². The Morgan fingerprint density at radius 3 is 2.35 bits per heavy atom. The van der Waals surface area contributed by atoms with Gasteiger partial charge < -0.3 is 19.4 Å². The number of likely N-dealkylation sites (N-methyl/N-ethyl adjacent to an activating group) is 1. The fourth-order valence-electron chi connectivity index (χ4n) is 3.13. The van der Waals surface area contributed by atoms with Gasteiger partial charge in [0.15, 0.2) is 0 Å². The maximum absolute atomic E-state index is 12.7. The number of amides is 2. The number of rotatable bonds is 5. The molecule has 0 N–H and O–H groups in total. The van der Waals surface area contributed by atoms with Gasteiger partial charge in [-0.1, -0.05) is 0 Å². The molecule has 0 unspecified atom stereocenters. The van der Waals surface area contributed by atoms with Gasteiger partial charge in [-0.2, -0.15) is 0 Å². The van der Waals surface area contributed by atoms with Crippen LogP contribution in [0.2, 0.25) is 0 Å². The molecule has 6 heteroatoms. The van der Waals surface area contributed by atoms with Crippen molar-refractivity contribution in [1.29, 1.82) is 0 Å². The van der Waals surface area contributed by atoms with Gasteiger partial charge in [-0.25, -0.2) is 4.79 Å². The molecule has 0 spiro atoms. The highest BCUT2D eigenvalue weighted by Crippen LogP contribution is 2.20. The minimum Gasteiger partial charge on any atom is -0.497 e. The molecular weight excluding hydrogens is 328 g/mol. The SMILES string of the molecule is COc1ccc(N2CCN(C(=O)N(C)CCc3ccncc3)CC2)cc1. The number of carbonyl (C=O) groups excluding carboxylic acids is 1. The van der Waals surface area contributed by atoms with Gasteiger partial charge >= 0.3 is 6.03 Å². The molecule has 1 aromatic heterocycles. The molecular formula is C20H26N4O2. The molecule has 0 saturated carbocycles. The normalized spacial score (nSPS) is 14.2. The Balaban J connectivity index is 1.48. The molecule has 1 aliphatic heterocycles. The number of urea groups is 1. The third-order valence-corrected chi connectivity index (χ3v) is 4.80. The van der Waals surface area contributed by atoms with Gasteiger partial charge in [0, 0.05) is 57.9 Å². The van der Waals surface area contributed by atoms with Crippen molar-refractivity contribution >= 4 is 11.7 Å². The first-order valence-corrected chi connectivity index (χ1v) is 8.95. The quantitative estimate of drug-likeness (QED) is 0.828. The number of anilines is 1. The van der Waals surface area contributed by atoms with E-state index in [4.69, 9.17) is 4.74 Å². The first-order valence-electron chi connectivity index (χ1n) is 8.95. The van der Waals surface area contributed by atoms with E-state index in [1.165, 1.54) is 11.3 Å². The molecule has 26 heavy (non-hydrogen) atoms. The van der Waals surface area contributed by atoms with Crippen LogP contribution in [0.3, 0.4) is 0 Å². The molecule has 138 valence electrons. The van der Waals surface area contributed by atoms with Crippen molar-refractivity contribution in [1.82, 2.24) is 14.8 Å². The smallest absolute Gasteiger partial charge is 0.319 e. The monoisotopic (exact) mass is 354 g/mol. The molecule has 0 bridgehead atoms. The topological polar surface area (TPSA) is 48.9 Å². The number of piperazine rings is 1. The van der Waals surface area contributed by atoms with E-state index in [9.17, 15) is 4.79 Å². The standard InChI is InChI=1S/C20H26N4O2/c1-22(12-9-17-7-10-21-11-8-17)20(25)24-15-13-23(14-16-24)18-3-5-19(26-2)6-4-18/h3-8,10-11H,9,12-16H2,1-2H3. The van der Waals surface area contributed by atoms with Crippen LogP contribution in [0.25, 0.3) is 0 Å². The Morgan fingerprint density at radius 1 is 1.08 bits per heavy atom. The first kappa shape index (κ1) is 18.0. The Labute approximate surface area is 155 Å². The van der Waals surface area contributed by atoms with Crippen molar-refractivity contribution in [2.45, 2.75) is 6.42 Å². The zero-order valence-corrected chi connectivity index (χ0v) is 15.5. The van der Waals surface area contributed by atoms with Crippen LogP contribution in [0.1, 0.15) is 5.56 Å².